The number of nitro groups is 1. The minimum atomic E-state index is -3.84. The Morgan fingerprint density at radius 2 is 1.84 bits per heavy atom. The van der Waals surface area contributed by atoms with E-state index in [1.807, 2.05) is 0 Å². The van der Waals surface area contributed by atoms with E-state index < -0.39 is 32.7 Å². The number of nitro benzene ring substituents is 1. The summed E-state index contributed by atoms with van der Waals surface area (Å²) in [6.45, 7) is 6.85. The van der Waals surface area contributed by atoms with Crippen molar-refractivity contribution in [3.05, 3.63) is 34.4 Å². The fourth-order valence-corrected chi connectivity index (χ4v) is 2.83. The molecule has 1 N–H and O–H groups in total. The predicted octanol–water partition coefficient (Wildman–Crippen LogP) is 2.13. The van der Waals surface area contributed by atoms with Gasteiger partial charge in [-0.1, -0.05) is 0 Å². The first-order chi connectivity index (χ1) is 11.3. The van der Waals surface area contributed by atoms with Crippen LogP contribution in [0.4, 0.5) is 10.5 Å². The number of amides is 1. The molecule has 1 rings (SSSR count). The lowest BCUT2D eigenvalue weighted by atomic mass is 10.2. The Hall–Kier alpha value is -2.20. The van der Waals surface area contributed by atoms with Gasteiger partial charge in [0.2, 0.25) is 10.0 Å². The number of ether oxygens (including phenoxy) is 1. The van der Waals surface area contributed by atoms with Gasteiger partial charge in [-0.15, -0.1) is 0 Å². The lowest BCUT2D eigenvalue weighted by Crippen LogP contribution is -2.45. The van der Waals surface area contributed by atoms with Gasteiger partial charge in [0, 0.05) is 31.8 Å². The molecule has 0 aliphatic heterocycles. The maximum Gasteiger partial charge on any atom is 0.410 e. The van der Waals surface area contributed by atoms with E-state index in [4.69, 9.17) is 4.74 Å². The number of hydrogen-bond acceptors (Lipinski definition) is 6. The van der Waals surface area contributed by atoms with Crippen LogP contribution in [0.5, 0.6) is 0 Å². The van der Waals surface area contributed by atoms with E-state index in [2.05, 4.69) is 4.72 Å². The lowest BCUT2D eigenvalue weighted by molar-refractivity contribution is -0.384. The van der Waals surface area contributed by atoms with Gasteiger partial charge in [-0.3, -0.25) is 10.1 Å². The first kappa shape index (κ1) is 20.8. The fraction of sp³-hybridized carbons (Fsp3) is 0.533. The van der Waals surface area contributed by atoms with E-state index in [0.29, 0.717) is 0 Å². The molecule has 0 heterocycles. The van der Waals surface area contributed by atoms with E-state index in [1.165, 1.54) is 11.9 Å². The highest BCUT2D eigenvalue weighted by molar-refractivity contribution is 7.89. The van der Waals surface area contributed by atoms with Crippen molar-refractivity contribution in [2.45, 2.75) is 44.2 Å². The number of sulfonamides is 1. The van der Waals surface area contributed by atoms with Crippen LogP contribution in [0.2, 0.25) is 0 Å². The molecule has 1 aromatic carbocycles. The van der Waals surface area contributed by atoms with Gasteiger partial charge in [-0.25, -0.2) is 17.9 Å². The normalized spacial score (nSPS) is 13.2. The van der Waals surface area contributed by atoms with Crippen LogP contribution >= 0.6 is 0 Å². The third-order valence-corrected chi connectivity index (χ3v) is 4.71. The Morgan fingerprint density at radius 1 is 1.32 bits per heavy atom. The van der Waals surface area contributed by atoms with Crippen LogP contribution in [0.25, 0.3) is 0 Å². The fourth-order valence-electron chi connectivity index (χ4n) is 1.71. The van der Waals surface area contributed by atoms with Crippen molar-refractivity contribution < 1.29 is 22.9 Å². The van der Waals surface area contributed by atoms with Crippen molar-refractivity contribution in [2.24, 2.45) is 0 Å². The second kappa shape index (κ2) is 7.79. The van der Waals surface area contributed by atoms with Gasteiger partial charge in [0.1, 0.15) is 5.60 Å². The molecule has 0 aromatic heterocycles. The van der Waals surface area contributed by atoms with Crippen molar-refractivity contribution in [1.29, 1.82) is 0 Å². The Bertz CT molecular complexity index is 725. The summed E-state index contributed by atoms with van der Waals surface area (Å²) in [5.74, 6) is 0. The van der Waals surface area contributed by atoms with Crippen LogP contribution in [0.3, 0.4) is 0 Å². The molecule has 0 spiro atoms. The Morgan fingerprint density at radius 3 is 2.28 bits per heavy atom. The topological polar surface area (TPSA) is 119 Å². The number of benzene rings is 1. The van der Waals surface area contributed by atoms with Crippen LogP contribution < -0.4 is 4.72 Å². The summed E-state index contributed by atoms with van der Waals surface area (Å²) in [5, 5.41) is 10.6. The zero-order chi connectivity index (χ0) is 19.4. The number of likely N-dealkylation sites (N-methyl/N-ethyl adjacent to an activating group) is 1. The monoisotopic (exact) mass is 373 g/mol. The van der Waals surface area contributed by atoms with Crippen molar-refractivity contribution in [3.63, 3.8) is 0 Å². The SMILES string of the molecule is C[C@@H](CNS(=O)(=O)c1ccc([N+](=O)[O-])cc1)N(C)C(=O)OC(C)(C)C. The molecule has 0 aliphatic carbocycles. The lowest BCUT2D eigenvalue weighted by Gasteiger charge is -2.28. The molecule has 0 fully saturated rings. The molecule has 1 amide bonds. The summed E-state index contributed by atoms with van der Waals surface area (Å²) >= 11 is 0. The molecule has 9 nitrogen and oxygen atoms in total. The number of non-ortho nitro benzene ring substituents is 1. The van der Waals surface area contributed by atoms with Crippen LogP contribution in [-0.4, -0.2) is 49.6 Å². The summed E-state index contributed by atoms with van der Waals surface area (Å²) in [6, 6.07) is 4.09. The van der Waals surface area contributed by atoms with Crippen LogP contribution in [-0.2, 0) is 14.8 Å². The van der Waals surface area contributed by atoms with Crippen molar-refractivity contribution in [1.82, 2.24) is 9.62 Å². The minimum absolute atomic E-state index is 0.0327. The Balaban J connectivity index is 2.71. The molecule has 1 aromatic rings. The number of nitrogens with one attached hydrogen (secondary N) is 1. The number of carbonyl (C=O) groups excluding carboxylic acids is 1. The van der Waals surface area contributed by atoms with Crippen LogP contribution in [0.15, 0.2) is 29.2 Å². The van der Waals surface area contributed by atoms with E-state index in [-0.39, 0.29) is 17.1 Å². The number of hydrogen-bond donors (Lipinski definition) is 1. The molecule has 10 heteroatoms. The molecule has 0 aliphatic rings. The first-order valence-corrected chi connectivity index (χ1v) is 9.02. The zero-order valence-corrected chi connectivity index (χ0v) is 15.7. The van der Waals surface area contributed by atoms with E-state index in [1.54, 1.807) is 27.7 Å². The molecule has 0 saturated carbocycles. The predicted molar refractivity (Wildman–Crippen MR) is 91.7 cm³/mol. The molecular weight excluding hydrogens is 350 g/mol. The summed E-state index contributed by atoms with van der Waals surface area (Å²) in [5.41, 5.74) is -0.847. The van der Waals surface area contributed by atoms with Gasteiger partial charge in [0.25, 0.3) is 5.69 Å². The quantitative estimate of drug-likeness (QED) is 0.603. The number of nitrogens with zero attached hydrogens (tertiary/aromatic N) is 2. The minimum Gasteiger partial charge on any atom is -0.444 e. The summed E-state index contributed by atoms with van der Waals surface area (Å²) in [6.07, 6.45) is -0.561. The highest BCUT2D eigenvalue weighted by atomic mass is 32.2. The smallest absolute Gasteiger partial charge is 0.410 e. The summed E-state index contributed by atoms with van der Waals surface area (Å²) in [4.78, 5) is 23.2. The highest BCUT2D eigenvalue weighted by Gasteiger charge is 2.24. The maximum absolute atomic E-state index is 12.2. The first-order valence-electron chi connectivity index (χ1n) is 7.53. The van der Waals surface area contributed by atoms with E-state index in [9.17, 15) is 23.3 Å². The average Bonchev–Trinajstić information content (AvgIpc) is 2.50. The molecule has 25 heavy (non-hydrogen) atoms. The molecule has 0 saturated heterocycles. The molecular formula is C15H23N3O6S. The van der Waals surface area contributed by atoms with Crippen LogP contribution in [0, 0.1) is 10.1 Å². The third-order valence-electron chi connectivity index (χ3n) is 3.27. The third kappa shape index (κ3) is 6.31. The average molecular weight is 373 g/mol. The summed E-state index contributed by atoms with van der Waals surface area (Å²) in [7, 11) is -2.33. The Kier molecular flexibility index (Phi) is 6.49. The van der Waals surface area contributed by atoms with Gasteiger partial charge in [-0.05, 0) is 39.8 Å². The van der Waals surface area contributed by atoms with Gasteiger partial charge in [0.15, 0.2) is 0 Å². The second-order valence-electron chi connectivity index (χ2n) is 6.54. The van der Waals surface area contributed by atoms with E-state index >= 15 is 0 Å². The second-order valence-corrected chi connectivity index (χ2v) is 8.31. The van der Waals surface area contributed by atoms with Crippen molar-refractivity contribution >= 4 is 21.8 Å². The Labute approximate surface area is 147 Å². The maximum atomic E-state index is 12.2. The van der Waals surface area contributed by atoms with Gasteiger partial charge in [-0.2, -0.15) is 0 Å². The molecule has 0 unspecified atom stereocenters. The zero-order valence-electron chi connectivity index (χ0n) is 14.8. The van der Waals surface area contributed by atoms with Crippen molar-refractivity contribution in [2.75, 3.05) is 13.6 Å². The number of carbonyl (C=O) groups is 1. The standard InChI is InChI=1S/C15H23N3O6S/c1-11(17(5)14(19)24-15(2,3)4)10-16-25(22,23)13-8-6-12(7-9-13)18(20)21/h6-9,11,16H,10H2,1-5H3/t11-/m0/s1. The highest BCUT2D eigenvalue weighted by Crippen LogP contribution is 2.16. The molecule has 1 atom stereocenters. The van der Waals surface area contributed by atoms with Gasteiger partial charge >= 0.3 is 6.09 Å². The van der Waals surface area contributed by atoms with Crippen molar-refractivity contribution in [3.8, 4) is 0 Å². The van der Waals surface area contributed by atoms with Gasteiger partial charge in [0.05, 0.1) is 9.82 Å². The van der Waals surface area contributed by atoms with E-state index in [0.717, 1.165) is 24.3 Å². The summed E-state index contributed by atoms with van der Waals surface area (Å²) < 4.78 is 32.0. The molecule has 0 radical (unpaired) electrons. The molecule has 140 valence electrons. The molecule has 0 bridgehead atoms. The van der Waals surface area contributed by atoms with Crippen LogP contribution in [0.1, 0.15) is 27.7 Å². The number of rotatable bonds is 6. The van der Waals surface area contributed by atoms with Gasteiger partial charge < -0.3 is 9.64 Å². The largest absolute Gasteiger partial charge is 0.444 e.